The van der Waals surface area contributed by atoms with Crippen molar-refractivity contribution in [3.8, 4) is 5.75 Å². The molecule has 0 aliphatic rings. The van der Waals surface area contributed by atoms with Crippen LogP contribution >= 0.6 is 15.9 Å². The monoisotopic (exact) mass is 329 g/mol. The zero-order chi connectivity index (χ0) is 14.3. The second-order valence-corrected chi connectivity index (χ2v) is 5.15. The first kappa shape index (κ1) is 16.0. The number of ether oxygens (including phenoxy) is 1. The summed E-state index contributed by atoms with van der Waals surface area (Å²) in [5, 5.41) is 12.3. The van der Waals surface area contributed by atoms with E-state index in [-0.39, 0.29) is 0 Å². The van der Waals surface area contributed by atoms with Crippen molar-refractivity contribution in [2.24, 2.45) is 0 Å². The fourth-order valence-electron chi connectivity index (χ4n) is 1.62. The van der Waals surface area contributed by atoms with Crippen LogP contribution in [0.25, 0.3) is 0 Å². The van der Waals surface area contributed by atoms with Gasteiger partial charge in [0.05, 0.1) is 4.47 Å². The molecule has 2 N–H and O–H groups in total. The number of carbonyl (C=O) groups is 1. The molecule has 106 valence electrons. The number of hydrogen-bond acceptors (Lipinski definition) is 3. The van der Waals surface area contributed by atoms with E-state index in [1.165, 1.54) is 0 Å². The van der Waals surface area contributed by atoms with E-state index in [0.29, 0.717) is 12.2 Å². The van der Waals surface area contributed by atoms with Crippen LogP contribution in [0.4, 0.5) is 0 Å². The van der Waals surface area contributed by atoms with Gasteiger partial charge in [-0.1, -0.05) is 19.9 Å². The van der Waals surface area contributed by atoms with Crippen molar-refractivity contribution >= 4 is 21.9 Å². The van der Waals surface area contributed by atoms with Crippen molar-refractivity contribution in [3.63, 3.8) is 0 Å². The van der Waals surface area contributed by atoms with Crippen LogP contribution in [-0.4, -0.2) is 23.7 Å². The van der Waals surface area contributed by atoms with Gasteiger partial charge in [-0.15, -0.1) is 0 Å². The van der Waals surface area contributed by atoms with Gasteiger partial charge in [0.2, 0.25) is 0 Å². The lowest BCUT2D eigenvalue weighted by molar-refractivity contribution is -0.145. The van der Waals surface area contributed by atoms with E-state index in [1.54, 1.807) is 13.0 Å². The van der Waals surface area contributed by atoms with E-state index in [0.717, 1.165) is 29.5 Å². The Morgan fingerprint density at radius 2 is 2.21 bits per heavy atom. The molecule has 0 heterocycles. The molecule has 0 spiro atoms. The van der Waals surface area contributed by atoms with Crippen molar-refractivity contribution in [2.75, 3.05) is 6.54 Å². The summed E-state index contributed by atoms with van der Waals surface area (Å²) in [5.41, 5.74) is 1.14. The van der Waals surface area contributed by atoms with E-state index in [1.807, 2.05) is 12.1 Å². The van der Waals surface area contributed by atoms with Gasteiger partial charge in [0.1, 0.15) is 5.75 Å². The lowest BCUT2D eigenvalue weighted by atomic mass is 10.2. The van der Waals surface area contributed by atoms with E-state index in [9.17, 15) is 4.79 Å². The molecule has 0 saturated heterocycles. The average molecular weight is 330 g/mol. The van der Waals surface area contributed by atoms with Crippen LogP contribution in [0.2, 0.25) is 0 Å². The first-order chi connectivity index (χ1) is 9.08. The van der Waals surface area contributed by atoms with Crippen LogP contribution < -0.4 is 10.1 Å². The molecule has 1 rings (SSSR count). The summed E-state index contributed by atoms with van der Waals surface area (Å²) in [6.07, 6.45) is 0.723. The lowest BCUT2D eigenvalue weighted by Gasteiger charge is -2.15. The predicted molar refractivity (Wildman–Crippen MR) is 78.5 cm³/mol. The molecule has 1 unspecified atom stereocenters. The van der Waals surface area contributed by atoms with Gasteiger partial charge in [-0.25, -0.2) is 4.79 Å². The smallest absolute Gasteiger partial charge is 0.344 e. The molecule has 4 nitrogen and oxygen atoms in total. The fraction of sp³-hybridized carbons (Fsp3) is 0.500. The molecule has 0 aliphatic carbocycles. The van der Waals surface area contributed by atoms with Gasteiger partial charge < -0.3 is 15.2 Å². The largest absolute Gasteiger partial charge is 0.479 e. The van der Waals surface area contributed by atoms with Crippen LogP contribution in [0.15, 0.2) is 22.7 Å². The second-order valence-electron chi connectivity index (χ2n) is 4.29. The Morgan fingerprint density at radius 3 is 2.74 bits per heavy atom. The number of benzene rings is 1. The Kier molecular flexibility index (Phi) is 6.87. The van der Waals surface area contributed by atoms with Gasteiger partial charge in [0, 0.05) is 6.54 Å². The van der Waals surface area contributed by atoms with Gasteiger partial charge in [-0.05, 0) is 53.0 Å². The summed E-state index contributed by atoms with van der Waals surface area (Å²) in [5.74, 6) is -0.378. The Bertz CT molecular complexity index is 423. The van der Waals surface area contributed by atoms with Crippen molar-refractivity contribution in [1.29, 1.82) is 0 Å². The number of halogens is 1. The summed E-state index contributed by atoms with van der Waals surface area (Å²) in [6, 6.07) is 5.70. The Morgan fingerprint density at radius 1 is 1.47 bits per heavy atom. The van der Waals surface area contributed by atoms with Crippen LogP contribution in [0.1, 0.15) is 32.3 Å². The minimum atomic E-state index is -0.942. The minimum Gasteiger partial charge on any atom is -0.479 e. The average Bonchev–Trinajstić information content (AvgIpc) is 2.37. The number of rotatable bonds is 8. The standard InChI is InChI=1S/C14H20BrNO3/c1-3-7-16-9-10-5-6-13(11(15)8-10)19-12(4-2)14(17)18/h5-6,8,12,16H,3-4,7,9H2,1-2H3,(H,17,18). The third kappa shape index (κ3) is 5.20. The summed E-state index contributed by atoms with van der Waals surface area (Å²) < 4.78 is 6.25. The molecule has 1 aromatic rings. The first-order valence-electron chi connectivity index (χ1n) is 6.47. The molecule has 0 fully saturated rings. The van der Waals surface area contributed by atoms with Crippen molar-refractivity contribution in [1.82, 2.24) is 5.32 Å². The molecule has 0 bridgehead atoms. The zero-order valence-electron chi connectivity index (χ0n) is 11.3. The third-order valence-corrected chi connectivity index (χ3v) is 3.29. The van der Waals surface area contributed by atoms with Crippen molar-refractivity contribution in [2.45, 2.75) is 39.3 Å². The molecule has 0 radical (unpaired) electrons. The van der Waals surface area contributed by atoms with Crippen LogP contribution in [0, 0.1) is 0 Å². The Hall–Kier alpha value is -1.07. The van der Waals surface area contributed by atoms with Crippen LogP contribution in [0.3, 0.4) is 0 Å². The molecular formula is C14H20BrNO3. The molecule has 0 aromatic heterocycles. The summed E-state index contributed by atoms with van der Waals surface area (Å²) in [6.45, 7) is 5.68. The van der Waals surface area contributed by atoms with E-state index >= 15 is 0 Å². The highest BCUT2D eigenvalue weighted by atomic mass is 79.9. The maximum absolute atomic E-state index is 10.9. The Balaban J connectivity index is 2.68. The number of carboxylic acids is 1. The molecule has 0 aliphatic heterocycles. The fourth-order valence-corrected chi connectivity index (χ4v) is 2.14. The molecule has 0 amide bonds. The number of carboxylic acid groups (broad SMARTS) is 1. The maximum atomic E-state index is 10.9. The Labute approximate surface area is 122 Å². The number of hydrogen-bond donors (Lipinski definition) is 2. The first-order valence-corrected chi connectivity index (χ1v) is 7.26. The number of aliphatic carboxylic acids is 1. The second kappa shape index (κ2) is 8.17. The SMILES string of the molecule is CCCNCc1ccc(OC(CC)C(=O)O)c(Br)c1. The highest BCUT2D eigenvalue weighted by Gasteiger charge is 2.17. The molecule has 5 heteroatoms. The predicted octanol–water partition coefficient (Wildman–Crippen LogP) is 3.19. The zero-order valence-corrected chi connectivity index (χ0v) is 12.9. The lowest BCUT2D eigenvalue weighted by Crippen LogP contribution is -2.26. The third-order valence-electron chi connectivity index (χ3n) is 2.67. The normalized spacial score (nSPS) is 12.2. The quantitative estimate of drug-likeness (QED) is 0.719. The highest BCUT2D eigenvalue weighted by Crippen LogP contribution is 2.27. The molecule has 1 aromatic carbocycles. The van der Waals surface area contributed by atoms with Gasteiger partial charge in [-0.2, -0.15) is 0 Å². The van der Waals surface area contributed by atoms with E-state index in [4.69, 9.17) is 9.84 Å². The topological polar surface area (TPSA) is 58.6 Å². The highest BCUT2D eigenvalue weighted by molar-refractivity contribution is 9.10. The molecule has 19 heavy (non-hydrogen) atoms. The number of nitrogens with one attached hydrogen (secondary N) is 1. The van der Waals surface area contributed by atoms with E-state index < -0.39 is 12.1 Å². The summed E-state index contributed by atoms with van der Waals surface area (Å²) in [4.78, 5) is 10.9. The minimum absolute atomic E-state index is 0.432. The van der Waals surface area contributed by atoms with Crippen LogP contribution in [-0.2, 0) is 11.3 Å². The van der Waals surface area contributed by atoms with Crippen molar-refractivity contribution in [3.05, 3.63) is 28.2 Å². The van der Waals surface area contributed by atoms with Gasteiger partial charge in [0.15, 0.2) is 6.10 Å². The maximum Gasteiger partial charge on any atom is 0.344 e. The van der Waals surface area contributed by atoms with Gasteiger partial charge in [0.25, 0.3) is 0 Å². The molecular weight excluding hydrogens is 310 g/mol. The molecule has 1 atom stereocenters. The van der Waals surface area contributed by atoms with Gasteiger partial charge >= 0.3 is 5.97 Å². The summed E-state index contributed by atoms with van der Waals surface area (Å²) >= 11 is 3.42. The van der Waals surface area contributed by atoms with E-state index in [2.05, 4.69) is 28.2 Å². The van der Waals surface area contributed by atoms with Crippen molar-refractivity contribution < 1.29 is 14.6 Å². The van der Waals surface area contributed by atoms with Crippen LogP contribution in [0.5, 0.6) is 5.75 Å². The van der Waals surface area contributed by atoms with Gasteiger partial charge in [-0.3, -0.25) is 0 Å². The molecule has 0 saturated carbocycles. The summed E-state index contributed by atoms with van der Waals surface area (Å²) in [7, 11) is 0.